The van der Waals surface area contributed by atoms with Crippen molar-refractivity contribution >= 4 is 17.6 Å². The molecule has 1 aromatic heterocycles. The molecular weight excluding hydrogens is 202 g/mol. The molecule has 1 fully saturated rings. The van der Waals surface area contributed by atoms with Crippen LogP contribution in [-0.4, -0.2) is 21.1 Å². The molecule has 1 aliphatic heterocycles. The highest BCUT2D eigenvalue weighted by Gasteiger charge is 2.20. The summed E-state index contributed by atoms with van der Waals surface area (Å²) in [7, 11) is 0. The van der Waals surface area contributed by atoms with Crippen molar-refractivity contribution in [2.24, 2.45) is 0 Å². The molecule has 0 aliphatic carbocycles. The summed E-state index contributed by atoms with van der Waals surface area (Å²) in [4.78, 5) is 24.6. The van der Waals surface area contributed by atoms with Gasteiger partial charge in [-0.3, -0.25) is 14.3 Å². The Morgan fingerprint density at radius 2 is 2.36 bits per heavy atom. The highest BCUT2D eigenvalue weighted by molar-refractivity contribution is 7.99. The minimum atomic E-state index is -0.436. The zero-order valence-corrected chi connectivity index (χ0v) is 8.34. The zero-order valence-electron chi connectivity index (χ0n) is 7.53. The smallest absolute Gasteiger partial charge is 0.330 e. The van der Waals surface area contributed by atoms with Gasteiger partial charge in [0.1, 0.15) is 5.82 Å². The number of hydrogen-bond acceptors (Lipinski definition) is 4. The number of aromatic nitrogens is 2. The van der Waals surface area contributed by atoms with Crippen LogP contribution in [0.4, 0.5) is 5.82 Å². The fourth-order valence-corrected chi connectivity index (χ4v) is 2.82. The van der Waals surface area contributed by atoms with Gasteiger partial charge in [-0.25, -0.2) is 4.79 Å². The first-order valence-corrected chi connectivity index (χ1v) is 5.53. The minimum absolute atomic E-state index is 0.129. The Kier molecular flexibility index (Phi) is 2.37. The molecule has 3 N–H and O–H groups in total. The lowest BCUT2D eigenvalue weighted by atomic mass is 10.2. The van der Waals surface area contributed by atoms with Gasteiger partial charge in [-0.2, -0.15) is 11.8 Å². The monoisotopic (exact) mass is 213 g/mol. The summed E-state index contributed by atoms with van der Waals surface area (Å²) in [5, 5.41) is 0. The second-order valence-corrected chi connectivity index (χ2v) is 4.40. The van der Waals surface area contributed by atoms with Crippen LogP contribution >= 0.6 is 11.8 Å². The Hall–Kier alpha value is -1.17. The quantitative estimate of drug-likeness (QED) is 0.676. The van der Waals surface area contributed by atoms with Crippen LogP contribution in [-0.2, 0) is 0 Å². The molecule has 6 heteroatoms. The third-order valence-electron chi connectivity index (χ3n) is 2.28. The lowest BCUT2D eigenvalue weighted by molar-refractivity contribution is 0.536. The number of nitrogens with one attached hydrogen (secondary N) is 1. The highest BCUT2D eigenvalue weighted by Crippen LogP contribution is 2.27. The van der Waals surface area contributed by atoms with Crippen LogP contribution in [0.2, 0.25) is 0 Å². The van der Waals surface area contributed by atoms with Crippen LogP contribution in [0.5, 0.6) is 0 Å². The third-order valence-corrected chi connectivity index (χ3v) is 3.42. The van der Waals surface area contributed by atoms with E-state index in [4.69, 9.17) is 5.73 Å². The molecule has 14 heavy (non-hydrogen) atoms. The summed E-state index contributed by atoms with van der Waals surface area (Å²) in [6.45, 7) is 0. The molecule has 0 spiro atoms. The summed E-state index contributed by atoms with van der Waals surface area (Å²) in [6.07, 6.45) is 0.931. The van der Waals surface area contributed by atoms with Crippen molar-refractivity contribution in [3.63, 3.8) is 0 Å². The van der Waals surface area contributed by atoms with Gasteiger partial charge in [0.15, 0.2) is 0 Å². The summed E-state index contributed by atoms with van der Waals surface area (Å²) >= 11 is 1.79. The number of nitrogens with zero attached hydrogens (tertiary/aromatic N) is 1. The van der Waals surface area contributed by atoms with Gasteiger partial charge in [-0.05, 0) is 12.2 Å². The summed E-state index contributed by atoms with van der Waals surface area (Å²) in [5.41, 5.74) is 4.80. The van der Waals surface area contributed by atoms with E-state index in [0.29, 0.717) is 0 Å². The van der Waals surface area contributed by atoms with Crippen LogP contribution in [0.15, 0.2) is 15.7 Å². The number of nitrogen functional groups attached to an aromatic ring is 1. The first-order chi connectivity index (χ1) is 6.68. The zero-order chi connectivity index (χ0) is 10.1. The number of hydrogen-bond donors (Lipinski definition) is 2. The van der Waals surface area contributed by atoms with Crippen molar-refractivity contribution < 1.29 is 0 Å². The fraction of sp³-hybridized carbons (Fsp3) is 0.500. The summed E-state index contributed by atoms with van der Waals surface area (Å²) < 4.78 is 1.47. The van der Waals surface area contributed by atoms with Crippen molar-refractivity contribution in [2.75, 3.05) is 17.2 Å². The molecule has 5 nitrogen and oxygen atoms in total. The maximum absolute atomic E-state index is 11.5. The molecule has 1 atom stereocenters. The molecule has 1 aliphatic rings. The van der Waals surface area contributed by atoms with Gasteiger partial charge in [0, 0.05) is 17.9 Å². The predicted octanol–water partition coefficient (Wildman–Crippen LogP) is -0.203. The SMILES string of the molecule is Nc1cc(=O)[nH]c(=O)n1C1CCSC1. The fourth-order valence-electron chi connectivity index (χ4n) is 1.63. The second-order valence-electron chi connectivity index (χ2n) is 3.25. The topological polar surface area (TPSA) is 80.9 Å². The molecule has 0 bridgehead atoms. The van der Waals surface area contributed by atoms with E-state index in [9.17, 15) is 9.59 Å². The van der Waals surface area contributed by atoms with E-state index in [2.05, 4.69) is 4.98 Å². The average molecular weight is 213 g/mol. The number of anilines is 1. The second kappa shape index (κ2) is 3.53. The molecule has 0 aromatic carbocycles. The van der Waals surface area contributed by atoms with Crippen LogP contribution in [0.1, 0.15) is 12.5 Å². The first kappa shape index (κ1) is 9.39. The molecule has 1 saturated heterocycles. The first-order valence-electron chi connectivity index (χ1n) is 4.37. The Labute approximate surface area is 84.3 Å². The van der Waals surface area contributed by atoms with E-state index < -0.39 is 11.2 Å². The molecule has 76 valence electrons. The van der Waals surface area contributed by atoms with Crippen molar-refractivity contribution in [1.29, 1.82) is 0 Å². The van der Waals surface area contributed by atoms with E-state index in [1.165, 1.54) is 10.6 Å². The molecule has 1 unspecified atom stereocenters. The standard InChI is InChI=1S/C8H11N3O2S/c9-6-3-7(12)10-8(13)11(6)5-1-2-14-4-5/h3,5H,1-2,4,9H2,(H,10,12,13). The third kappa shape index (κ3) is 1.57. The van der Waals surface area contributed by atoms with E-state index in [0.717, 1.165) is 17.9 Å². The van der Waals surface area contributed by atoms with E-state index >= 15 is 0 Å². The van der Waals surface area contributed by atoms with Crippen molar-refractivity contribution in [1.82, 2.24) is 9.55 Å². The Morgan fingerprint density at radius 3 is 2.93 bits per heavy atom. The Morgan fingerprint density at radius 1 is 1.57 bits per heavy atom. The maximum atomic E-state index is 11.5. The number of aromatic amines is 1. The lowest BCUT2D eigenvalue weighted by Gasteiger charge is -2.14. The molecule has 2 rings (SSSR count). The maximum Gasteiger partial charge on any atom is 0.330 e. The number of thioether (sulfide) groups is 1. The summed E-state index contributed by atoms with van der Waals surface area (Å²) in [5.74, 6) is 2.18. The van der Waals surface area contributed by atoms with Crippen LogP contribution in [0.3, 0.4) is 0 Å². The Bertz CT molecular complexity index is 445. The van der Waals surface area contributed by atoms with Crippen molar-refractivity contribution in [2.45, 2.75) is 12.5 Å². The van der Waals surface area contributed by atoms with Gasteiger partial charge in [0.2, 0.25) is 0 Å². The van der Waals surface area contributed by atoms with Crippen molar-refractivity contribution in [3.05, 3.63) is 26.9 Å². The normalized spacial score (nSPS) is 21.3. The van der Waals surface area contributed by atoms with Gasteiger partial charge in [-0.1, -0.05) is 0 Å². The lowest BCUT2D eigenvalue weighted by Crippen LogP contribution is -2.34. The molecule has 0 radical (unpaired) electrons. The van der Waals surface area contributed by atoms with Crippen LogP contribution in [0.25, 0.3) is 0 Å². The van der Waals surface area contributed by atoms with Crippen LogP contribution < -0.4 is 17.0 Å². The van der Waals surface area contributed by atoms with E-state index in [-0.39, 0.29) is 11.9 Å². The number of nitrogens with two attached hydrogens (primary N) is 1. The molecule has 0 saturated carbocycles. The van der Waals surface area contributed by atoms with Gasteiger partial charge in [0.05, 0.1) is 0 Å². The molecule has 1 aromatic rings. The summed E-state index contributed by atoms with van der Waals surface area (Å²) in [6, 6.07) is 1.38. The molecule has 2 heterocycles. The van der Waals surface area contributed by atoms with Gasteiger partial charge in [0.25, 0.3) is 5.56 Å². The van der Waals surface area contributed by atoms with Gasteiger partial charge < -0.3 is 5.73 Å². The Balaban J connectivity index is 2.51. The molecule has 0 amide bonds. The van der Waals surface area contributed by atoms with Crippen LogP contribution in [0, 0.1) is 0 Å². The predicted molar refractivity (Wildman–Crippen MR) is 56.7 cm³/mol. The van der Waals surface area contributed by atoms with Gasteiger partial charge >= 0.3 is 5.69 Å². The molecular formula is C8H11N3O2S. The van der Waals surface area contributed by atoms with Crippen molar-refractivity contribution in [3.8, 4) is 0 Å². The minimum Gasteiger partial charge on any atom is -0.385 e. The van der Waals surface area contributed by atoms with E-state index in [1.54, 1.807) is 11.8 Å². The number of H-pyrrole nitrogens is 1. The van der Waals surface area contributed by atoms with Gasteiger partial charge in [-0.15, -0.1) is 0 Å². The average Bonchev–Trinajstić information content (AvgIpc) is 2.54. The highest BCUT2D eigenvalue weighted by atomic mass is 32.2. The number of rotatable bonds is 1. The van der Waals surface area contributed by atoms with E-state index in [1.807, 2.05) is 0 Å². The largest absolute Gasteiger partial charge is 0.385 e.